The maximum atomic E-state index is 5.59. The van der Waals surface area contributed by atoms with Gasteiger partial charge in [-0.3, -0.25) is 4.99 Å². The van der Waals surface area contributed by atoms with Gasteiger partial charge in [-0.05, 0) is 56.0 Å². The average Bonchev–Trinajstić information content (AvgIpc) is 3.27. The molecule has 0 amide bonds. The van der Waals surface area contributed by atoms with Gasteiger partial charge in [0.05, 0.1) is 14.2 Å². The number of likely N-dealkylation sites (tertiary alicyclic amines) is 1. The standard InChI is InChI=1S/C24H40N4O2.HI/c1-5-28-14-11-19(17-28)16-26-23(25-2)27-18-24(12-7-6-8-13-24)20-9-10-21(29-3)22(15-20)30-4;/h9-10,15,19H,5-8,11-14,16-18H2,1-4H3,(H2,25,26,27);1H. The number of hydrogen-bond donors (Lipinski definition) is 2. The fourth-order valence-corrected chi connectivity index (χ4v) is 5.04. The van der Waals surface area contributed by atoms with E-state index in [0.29, 0.717) is 5.92 Å². The maximum Gasteiger partial charge on any atom is 0.191 e. The molecule has 31 heavy (non-hydrogen) atoms. The van der Waals surface area contributed by atoms with Gasteiger partial charge in [0, 0.05) is 32.1 Å². The zero-order valence-electron chi connectivity index (χ0n) is 19.7. The molecule has 2 aliphatic rings. The number of nitrogens with one attached hydrogen (secondary N) is 2. The molecule has 0 spiro atoms. The van der Waals surface area contributed by atoms with E-state index in [2.05, 4.69) is 39.6 Å². The summed E-state index contributed by atoms with van der Waals surface area (Å²) in [5.74, 6) is 3.22. The molecule has 176 valence electrons. The van der Waals surface area contributed by atoms with Crippen molar-refractivity contribution in [2.75, 3.05) is 54.0 Å². The normalized spacial score (nSPS) is 21.3. The van der Waals surface area contributed by atoms with Crippen molar-refractivity contribution in [1.82, 2.24) is 15.5 Å². The van der Waals surface area contributed by atoms with Gasteiger partial charge in [0.15, 0.2) is 17.5 Å². The lowest BCUT2D eigenvalue weighted by Crippen LogP contribution is -2.47. The minimum atomic E-state index is 0. The molecule has 7 heteroatoms. The number of aliphatic imine (C=N–C) groups is 1. The van der Waals surface area contributed by atoms with Crippen LogP contribution < -0.4 is 20.1 Å². The van der Waals surface area contributed by atoms with Crippen molar-refractivity contribution in [2.45, 2.75) is 50.9 Å². The SMILES string of the molecule is CCN1CCC(CNC(=NC)NCC2(c3ccc(OC)c(OC)c3)CCCCC2)C1.I. The van der Waals surface area contributed by atoms with E-state index in [1.165, 1.54) is 57.2 Å². The molecule has 1 heterocycles. The van der Waals surface area contributed by atoms with Crippen molar-refractivity contribution >= 4 is 29.9 Å². The van der Waals surface area contributed by atoms with E-state index in [9.17, 15) is 0 Å². The zero-order valence-corrected chi connectivity index (χ0v) is 22.0. The van der Waals surface area contributed by atoms with E-state index in [-0.39, 0.29) is 29.4 Å². The van der Waals surface area contributed by atoms with Gasteiger partial charge in [-0.2, -0.15) is 0 Å². The van der Waals surface area contributed by atoms with Gasteiger partial charge in [0.25, 0.3) is 0 Å². The first-order valence-electron chi connectivity index (χ1n) is 11.5. The summed E-state index contributed by atoms with van der Waals surface area (Å²) in [6.07, 6.45) is 7.47. The lowest BCUT2D eigenvalue weighted by molar-refractivity contribution is 0.288. The Kier molecular flexibility index (Phi) is 10.7. The van der Waals surface area contributed by atoms with Gasteiger partial charge in [-0.1, -0.05) is 32.3 Å². The number of halogens is 1. The Morgan fingerprint density at radius 2 is 1.87 bits per heavy atom. The third kappa shape index (κ3) is 6.63. The molecule has 0 bridgehead atoms. The van der Waals surface area contributed by atoms with Crippen LogP contribution in [0.25, 0.3) is 0 Å². The van der Waals surface area contributed by atoms with Crippen molar-refractivity contribution in [3.63, 3.8) is 0 Å². The lowest BCUT2D eigenvalue weighted by Gasteiger charge is -2.38. The van der Waals surface area contributed by atoms with Crippen LogP contribution in [0.2, 0.25) is 0 Å². The number of benzene rings is 1. The Hall–Kier alpha value is -1.22. The summed E-state index contributed by atoms with van der Waals surface area (Å²) in [7, 11) is 5.27. The monoisotopic (exact) mass is 544 g/mol. The number of hydrogen-bond acceptors (Lipinski definition) is 4. The molecule has 1 unspecified atom stereocenters. The van der Waals surface area contributed by atoms with Gasteiger partial charge in [0.2, 0.25) is 0 Å². The van der Waals surface area contributed by atoms with Crippen LogP contribution in [0.1, 0.15) is 51.0 Å². The summed E-state index contributed by atoms with van der Waals surface area (Å²) < 4.78 is 11.0. The maximum absolute atomic E-state index is 5.59. The molecule has 1 saturated heterocycles. The van der Waals surface area contributed by atoms with Crippen LogP contribution in [0.15, 0.2) is 23.2 Å². The van der Waals surface area contributed by atoms with Crippen LogP contribution in [-0.4, -0.2) is 64.9 Å². The molecule has 2 fully saturated rings. The summed E-state index contributed by atoms with van der Waals surface area (Å²) in [6, 6.07) is 6.42. The first-order chi connectivity index (χ1) is 14.6. The van der Waals surface area contributed by atoms with Crippen molar-refractivity contribution < 1.29 is 9.47 Å². The molecule has 1 aromatic carbocycles. The number of nitrogens with zero attached hydrogens (tertiary/aromatic N) is 2. The smallest absolute Gasteiger partial charge is 0.191 e. The molecule has 1 aliphatic carbocycles. The fourth-order valence-electron chi connectivity index (χ4n) is 5.04. The summed E-state index contributed by atoms with van der Waals surface area (Å²) >= 11 is 0. The van der Waals surface area contributed by atoms with Crippen LogP contribution >= 0.6 is 24.0 Å². The van der Waals surface area contributed by atoms with E-state index in [1.807, 2.05) is 13.1 Å². The van der Waals surface area contributed by atoms with Gasteiger partial charge < -0.3 is 25.0 Å². The summed E-state index contributed by atoms with van der Waals surface area (Å²) in [5.41, 5.74) is 1.43. The van der Waals surface area contributed by atoms with Crippen molar-refractivity contribution in [3.05, 3.63) is 23.8 Å². The van der Waals surface area contributed by atoms with Crippen molar-refractivity contribution in [1.29, 1.82) is 0 Å². The number of guanidine groups is 1. The van der Waals surface area contributed by atoms with Crippen LogP contribution in [0.5, 0.6) is 11.5 Å². The Morgan fingerprint density at radius 3 is 2.48 bits per heavy atom. The predicted octanol–water partition coefficient (Wildman–Crippen LogP) is 4.03. The molecule has 1 aliphatic heterocycles. The second-order valence-corrected chi connectivity index (χ2v) is 8.77. The molecular formula is C24H41IN4O2. The molecule has 6 nitrogen and oxygen atoms in total. The fraction of sp³-hybridized carbons (Fsp3) is 0.708. The molecule has 0 aromatic heterocycles. The van der Waals surface area contributed by atoms with Gasteiger partial charge in [0.1, 0.15) is 0 Å². The minimum Gasteiger partial charge on any atom is -0.493 e. The highest BCUT2D eigenvalue weighted by Crippen LogP contribution is 2.42. The first-order valence-corrected chi connectivity index (χ1v) is 11.5. The van der Waals surface area contributed by atoms with Gasteiger partial charge in [-0.25, -0.2) is 0 Å². The minimum absolute atomic E-state index is 0. The van der Waals surface area contributed by atoms with E-state index in [4.69, 9.17) is 9.47 Å². The van der Waals surface area contributed by atoms with Crippen LogP contribution in [0.4, 0.5) is 0 Å². The lowest BCUT2D eigenvalue weighted by atomic mass is 9.69. The highest BCUT2D eigenvalue weighted by Gasteiger charge is 2.35. The average molecular weight is 545 g/mol. The summed E-state index contributed by atoms with van der Waals surface area (Å²) in [6.45, 7) is 7.67. The van der Waals surface area contributed by atoms with E-state index in [1.54, 1.807) is 14.2 Å². The zero-order chi connectivity index (χ0) is 21.4. The second-order valence-electron chi connectivity index (χ2n) is 8.77. The van der Waals surface area contributed by atoms with E-state index in [0.717, 1.165) is 37.1 Å². The van der Waals surface area contributed by atoms with Gasteiger partial charge in [-0.15, -0.1) is 24.0 Å². The largest absolute Gasteiger partial charge is 0.493 e. The van der Waals surface area contributed by atoms with E-state index >= 15 is 0 Å². The quantitative estimate of drug-likeness (QED) is 0.294. The Morgan fingerprint density at radius 1 is 1.13 bits per heavy atom. The highest BCUT2D eigenvalue weighted by atomic mass is 127. The Bertz CT molecular complexity index is 707. The predicted molar refractivity (Wildman–Crippen MR) is 139 cm³/mol. The van der Waals surface area contributed by atoms with E-state index < -0.39 is 0 Å². The molecule has 0 radical (unpaired) electrons. The number of methoxy groups -OCH3 is 2. The topological polar surface area (TPSA) is 58.1 Å². The Balaban J connectivity index is 0.00000341. The van der Waals surface area contributed by atoms with Crippen LogP contribution in [0, 0.1) is 5.92 Å². The summed E-state index contributed by atoms with van der Waals surface area (Å²) in [5, 5.41) is 7.22. The van der Waals surface area contributed by atoms with Crippen molar-refractivity contribution in [3.8, 4) is 11.5 Å². The third-order valence-corrected chi connectivity index (χ3v) is 7.00. The molecule has 1 saturated carbocycles. The van der Waals surface area contributed by atoms with Gasteiger partial charge >= 0.3 is 0 Å². The number of ether oxygens (including phenoxy) is 2. The highest BCUT2D eigenvalue weighted by molar-refractivity contribution is 14.0. The summed E-state index contributed by atoms with van der Waals surface area (Å²) in [4.78, 5) is 7.02. The Labute approximate surface area is 205 Å². The van der Waals surface area contributed by atoms with Crippen LogP contribution in [-0.2, 0) is 5.41 Å². The molecule has 1 atom stereocenters. The van der Waals surface area contributed by atoms with Crippen molar-refractivity contribution in [2.24, 2.45) is 10.9 Å². The molecule has 1 aromatic rings. The third-order valence-electron chi connectivity index (χ3n) is 7.00. The molecular weight excluding hydrogens is 503 g/mol. The molecule has 3 rings (SSSR count). The molecule has 2 N–H and O–H groups in total. The van der Waals surface area contributed by atoms with Crippen LogP contribution in [0.3, 0.4) is 0 Å². The second kappa shape index (κ2) is 12.7. The first kappa shape index (κ1) is 26.0. The number of rotatable bonds is 8.